The predicted octanol–water partition coefficient (Wildman–Crippen LogP) is 3.17. The van der Waals surface area contributed by atoms with Crippen LogP contribution in [0.1, 0.15) is 40.0 Å². The summed E-state index contributed by atoms with van der Waals surface area (Å²) in [4.78, 5) is 0. The van der Waals surface area contributed by atoms with Crippen molar-refractivity contribution in [3.8, 4) is 0 Å². The molecular weight excluding hydrogens is 242 g/mol. The van der Waals surface area contributed by atoms with E-state index in [4.69, 9.17) is 4.74 Å². The molecule has 0 bridgehead atoms. The Balaban J connectivity index is 2.02. The molecule has 2 fully saturated rings. The van der Waals surface area contributed by atoms with Gasteiger partial charge < -0.3 is 10.1 Å². The van der Waals surface area contributed by atoms with Crippen LogP contribution in [0.3, 0.4) is 0 Å². The summed E-state index contributed by atoms with van der Waals surface area (Å²) < 4.78 is 6.14. The van der Waals surface area contributed by atoms with Crippen molar-refractivity contribution in [3.05, 3.63) is 0 Å². The van der Waals surface area contributed by atoms with Crippen LogP contribution in [0.2, 0.25) is 0 Å². The summed E-state index contributed by atoms with van der Waals surface area (Å²) in [6.45, 7) is 8.05. The van der Waals surface area contributed by atoms with Crippen molar-refractivity contribution < 1.29 is 4.74 Å². The minimum absolute atomic E-state index is 0.222. The Labute approximate surface area is 117 Å². The molecule has 18 heavy (non-hydrogen) atoms. The number of thioether (sulfide) groups is 1. The zero-order valence-corrected chi connectivity index (χ0v) is 13.2. The molecule has 0 saturated carbocycles. The molecule has 0 aromatic heterocycles. The third-order valence-corrected chi connectivity index (χ3v) is 6.28. The molecule has 0 aromatic rings. The van der Waals surface area contributed by atoms with Gasteiger partial charge in [0.05, 0.1) is 5.60 Å². The van der Waals surface area contributed by atoms with Gasteiger partial charge in [-0.1, -0.05) is 20.8 Å². The van der Waals surface area contributed by atoms with Crippen molar-refractivity contribution in [2.75, 3.05) is 25.2 Å². The molecule has 4 atom stereocenters. The maximum absolute atomic E-state index is 6.14. The summed E-state index contributed by atoms with van der Waals surface area (Å²) in [5.74, 6) is 4.79. The molecule has 0 radical (unpaired) electrons. The van der Waals surface area contributed by atoms with Crippen LogP contribution in [0.15, 0.2) is 0 Å². The van der Waals surface area contributed by atoms with Crippen LogP contribution in [-0.4, -0.2) is 36.8 Å². The highest BCUT2D eigenvalue weighted by Crippen LogP contribution is 2.42. The quantitative estimate of drug-likeness (QED) is 0.848. The van der Waals surface area contributed by atoms with Crippen LogP contribution in [0.4, 0.5) is 0 Å². The van der Waals surface area contributed by atoms with E-state index in [1.54, 1.807) is 0 Å². The Morgan fingerprint density at radius 1 is 1.33 bits per heavy atom. The Morgan fingerprint density at radius 3 is 2.67 bits per heavy atom. The average molecular weight is 271 g/mol. The molecule has 0 aliphatic carbocycles. The van der Waals surface area contributed by atoms with Crippen LogP contribution < -0.4 is 5.32 Å². The van der Waals surface area contributed by atoms with Gasteiger partial charge in [-0.25, -0.2) is 0 Å². The van der Waals surface area contributed by atoms with Crippen LogP contribution in [0.25, 0.3) is 0 Å². The normalized spacial score (nSPS) is 36.2. The van der Waals surface area contributed by atoms with Crippen molar-refractivity contribution in [2.45, 2.75) is 51.7 Å². The standard InChI is InChI=1S/C15H29NOS/c1-11(2)12(3)14(16-4)13-5-7-17-15(9-13)6-8-18-10-15/h11-14,16H,5-10H2,1-4H3. The molecule has 2 nitrogen and oxygen atoms in total. The predicted molar refractivity (Wildman–Crippen MR) is 80.2 cm³/mol. The number of hydrogen-bond acceptors (Lipinski definition) is 3. The Kier molecular flexibility index (Phi) is 5.01. The van der Waals surface area contributed by atoms with E-state index in [2.05, 4.69) is 44.9 Å². The lowest BCUT2D eigenvalue weighted by molar-refractivity contribution is -0.0886. The first-order valence-electron chi connectivity index (χ1n) is 7.47. The molecule has 2 saturated heterocycles. The third kappa shape index (κ3) is 3.05. The summed E-state index contributed by atoms with van der Waals surface area (Å²) in [6.07, 6.45) is 3.76. The molecular formula is C15H29NOS. The van der Waals surface area contributed by atoms with Gasteiger partial charge >= 0.3 is 0 Å². The molecule has 4 unspecified atom stereocenters. The van der Waals surface area contributed by atoms with E-state index in [1.807, 2.05) is 0 Å². The zero-order valence-electron chi connectivity index (χ0n) is 12.4. The van der Waals surface area contributed by atoms with E-state index >= 15 is 0 Å². The summed E-state index contributed by atoms with van der Waals surface area (Å²) >= 11 is 2.07. The van der Waals surface area contributed by atoms with E-state index in [0.717, 1.165) is 24.4 Å². The number of ether oxygens (including phenoxy) is 1. The first kappa shape index (κ1) is 14.7. The van der Waals surface area contributed by atoms with E-state index in [-0.39, 0.29) is 5.60 Å². The molecule has 2 rings (SSSR count). The van der Waals surface area contributed by atoms with Gasteiger partial charge in [0.15, 0.2) is 0 Å². The Bertz CT molecular complexity index is 263. The molecule has 2 heterocycles. The Hall–Kier alpha value is 0.270. The van der Waals surface area contributed by atoms with Crippen molar-refractivity contribution >= 4 is 11.8 Å². The van der Waals surface area contributed by atoms with Crippen molar-refractivity contribution in [2.24, 2.45) is 17.8 Å². The second kappa shape index (κ2) is 6.15. The third-order valence-electron chi connectivity index (χ3n) is 5.06. The number of nitrogens with one attached hydrogen (secondary N) is 1. The minimum atomic E-state index is 0.222. The van der Waals surface area contributed by atoms with Crippen molar-refractivity contribution in [3.63, 3.8) is 0 Å². The van der Waals surface area contributed by atoms with Crippen LogP contribution >= 0.6 is 11.8 Å². The maximum Gasteiger partial charge on any atom is 0.0783 e. The zero-order chi connectivity index (χ0) is 13.2. The Morgan fingerprint density at radius 2 is 2.11 bits per heavy atom. The lowest BCUT2D eigenvalue weighted by Gasteiger charge is -2.43. The summed E-state index contributed by atoms with van der Waals surface area (Å²) in [7, 11) is 2.13. The average Bonchev–Trinajstić information content (AvgIpc) is 2.78. The van der Waals surface area contributed by atoms with E-state index in [0.29, 0.717) is 6.04 Å². The largest absolute Gasteiger partial charge is 0.374 e. The van der Waals surface area contributed by atoms with Gasteiger partial charge in [0.1, 0.15) is 0 Å². The van der Waals surface area contributed by atoms with Crippen molar-refractivity contribution in [1.29, 1.82) is 0 Å². The van der Waals surface area contributed by atoms with Crippen LogP contribution in [-0.2, 0) is 4.74 Å². The van der Waals surface area contributed by atoms with Crippen molar-refractivity contribution in [1.82, 2.24) is 5.32 Å². The molecule has 1 N–H and O–H groups in total. The molecule has 0 aromatic carbocycles. The van der Waals surface area contributed by atoms with Crippen LogP contribution in [0, 0.1) is 17.8 Å². The van der Waals surface area contributed by atoms with Gasteiger partial charge in [0.2, 0.25) is 0 Å². The van der Waals surface area contributed by atoms with Gasteiger partial charge in [-0.3, -0.25) is 0 Å². The number of hydrogen-bond donors (Lipinski definition) is 1. The molecule has 1 spiro atoms. The maximum atomic E-state index is 6.14. The SMILES string of the molecule is CNC(C1CCOC2(CCSC2)C1)C(C)C(C)C. The van der Waals surface area contributed by atoms with Crippen LogP contribution in [0.5, 0.6) is 0 Å². The van der Waals surface area contributed by atoms with E-state index < -0.39 is 0 Å². The lowest BCUT2D eigenvalue weighted by Crippen LogP contribution is -2.49. The molecule has 106 valence electrons. The summed E-state index contributed by atoms with van der Waals surface area (Å²) in [5, 5.41) is 3.60. The second-order valence-electron chi connectivity index (χ2n) is 6.50. The van der Waals surface area contributed by atoms with E-state index in [1.165, 1.54) is 30.8 Å². The van der Waals surface area contributed by atoms with Gasteiger partial charge in [0, 0.05) is 18.4 Å². The highest BCUT2D eigenvalue weighted by Gasteiger charge is 2.43. The minimum Gasteiger partial charge on any atom is -0.374 e. The fourth-order valence-corrected chi connectivity index (χ4v) is 4.96. The van der Waals surface area contributed by atoms with Gasteiger partial charge in [-0.05, 0) is 49.8 Å². The highest BCUT2D eigenvalue weighted by atomic mass is 32.2. The first-order valence-corrected chi connectivity index (χ1v) is 8.62. The fourth-order valence-electron chi connectivity index (χ4n) is 3.58. The highest BCUT2D eigenvalue weighted by molar-refractivity contribution is 7.99. The second-order valence-corrected chi connectivity index (χ2v) is 7.61. The molecule has 3 heteroatoms. The summed E-state index contributed by atoms with van der Waals surface area (Å²) in [5.41, 5.74) is 0.222. The number of rotatable bonds is 4. The van der Waals surface area contributed by atoms with Gasteiger partial charge in [-0.2, -0.15) is 11.8 Å². The molecule has 2 aliphatic rings. The smallest absolute Gasteiger partial charge is 0.0783 e. The fraction of sp³-hybridized carbons (Fsp3) is 1.00. The van der Waals surface area contributed by atoms with E-state index in [9.17, 15) is 0 Å². The first-order chi connectivity index (χ1) is 8.58. The molecule has 0 amide bonds. The summed E-state index contributed by atoms with van der Waals surface area (Å²) in [6, 6.07) is 0.649. The lowest BCUT2D eigenvalue weighted by atomic mass is 9.75. The monoisotopic (exact) mass is 271 g/mol. The van der Waals surface area contributed by atoms with Gasteiger partial charge in [0.25, 0.3) is 0 Å². The van der Waals surface area contributed by atoms with Gasteiger partial charge in [-0.15, -0.1) is 0 Å². The topological polar surface area (TPSA) is 21.3 Å². The molecule has 2 aliphatic heterocycles.